The van der Waals surface area contributed by atoms with Crippen molar-refractivity contribution < 1.29 is 0 Å². The zero-order valence-electron chi connectivity index (χ0n) is 84.2. The molecule has 12 heteroatoms. The fourth-order valence-corrected chi connectivity index (χ4v) is 28.7. The Morgan fingerprint density at radius 1 is 0.301 bits per heavy atom. The van der Waals surface area contributed by atoms with Crippen LogP contribution < -0.4 is 0 Å². The number of aromatic nitrogens is 12. The summed E-state index contributed by atoms with van der Waals surface area (Å²) < 4.78 is 21.0. The van der Waals surface area contributed by atoms with Gasteiger partial charge in [-0.3, -0.25) is 35.2 Å². The molecule has 0 radical (unpaired) electrons. The maximum Gasteiger partial charge on any atom is 0.220 e. The predicted molar refractivity (Wildman–Crippen MR) is 571 cm³/mol. The molecule has 4 aliphatic carbocycles. The van der Waals surface area contributed by atoms with E-state index in [1.54, 1.807) is 0 Å². The zero-order valence-corrected chi connectivity index (χ0v) is 84.2. The molecule has 0 bridgehead atoms. The van der Waals surface area contributed by atoms with Crippen molar-refractivity contribution in [3.8, 4) is 22.3 Å². The van der Waals surface area contributed by atoms with Gasteiger partial charge in [0.1, 0.15) is 0 Å². The van der Waals surface area contributed by atoms with E-state index in [1.807, 2.05) is 0 Å². The highest BCUT2D eigenvalue weighted by molar-refractivity contribution is 6.39. The molecule has 28 rings (SSSR count). The van der Waals surface area contributed by atoms with Gasteiger partial charge in [-0.15, -0.1) is 0 Å². The first-order valence-corrected chi connectivity index (χ1v) is 51.4. The van der Waals surface area contributed by atoms with Gasteiger partial charge in [-0.05, 0) is 313 Å². The molecule has 136 heavy (non-hydrogen) atoms. The van der Waals surface area contributed by atoms with E-state index in [1.165, 1.54) is 296 Å². The molecule has 1 atom stereocenters. The third-order valence-corrected chi connectivity index (χ3v) is 36.0. The largest absolute Gasteiger partial charge is 0.277 e. The van der Waals surface area contributed by atoms with Crippen LogP contribution in [0.3, 0.4) is 0 Å². The Bertz CT molecular complexity index is 9430. The molecule has 12 aromatic heterocycles. The van der Waals surface area contributed by atoms with Gasteiger partial charge in [-0.1, -0.05) is 244 Å². The molecule has 2 fully saturated rings. The highest BCUT2D eigenvalue weighted by atomic mass is 15.2. The summed E-state index contributed by atoms with van der Waals surface area (Å²) in [6.45, 7) is 58.1. The van der Waals surface area contributed by atoms with Crippen LogP contribution in [0.25, 0.3) is 199 Å². The normalized spacial score (nSPS) is 18.2. The molecule has 0 spiro atoms. The van der Waals surface area contributed by atoms with Crippen molar-refractivity contribution in [3.63, 3.8) is 0 Å². The highest BCUT2D eigenvalue weighted by Gasteiger charge is 2.49. The first-order valence-electron chi connectivity index (χ1n) is 51.4. The molecule has 682 valence electrons. The maximum absolute atomic E-state index is 6.41. The monoisotopic (exact) mass is 1780 g/mol. The molecule has 12 aromatic carbocycles. The smallest absolute Gasteiger partial charge is 0.220 e. The van der Waals surface area contributed by atoms with E-state index < -0.39 is 5.41 Å². The van der Waals surface area contributed by atoms with E-state index in [2.05, 4.69) is 353 Å². The second-order valence-electron chi connectivity index (χ2n) is 50.2. The number of benzene rings is 12. The number of hydrogen-bond acceptors (Lipinski definition) is 4. The number of fused-ring (bicyclic) bond motifs is 40. The molecular formula is C124H126N12. The van der Waals surface area contributed by atoms with Crippen LogP contribution in [-0.4, -0.2) is 55.1 Å². The van der Waals surface area contributed by atoms with Gasteiger partial charge in [0.25, 0.3) is 0 Å². The fraction of sp³-hybridized carbons (Fsp3) is 0.387. The Balaban J connectivity index is 0.699. The number of nitrogens with zero attached hydrogens (tertiary/aromatic N) is 12. The molecule has 1 unspecified atom stereocenters. The highest BCUT2D eigenvalue weighted by Crippen LogP contribution is 2.61. The van der Waals surface area contributed by atoms with Crippen LogP contribution in [0.1, 0.15) is 323 Å². The first kappa shape index (κ1) is 82.0. The lowest BCUT2D eigenvalue weighted by molar-refractivity contribution is 0.284. The molecule has 12 heterocycles. The van der Waals surface area contributed by atoms with Gasteiger partial charge >= 0.3 is 0 Å². The van der Waals surface area contributed by atoms with Crippen LogP contribution in [0.4, 0.5) is 0 Å². The molecule has 4 aliphatic rings. The van der Waals surface area contributed by atoms with Gasteiger partial charge in [0.2, 0.25) is 23.1 Å². The second-order valence-corrected chi connectivity index (χ2v) is 50.2. The summed E-state index contributed by atoms with van der Waals surface area (Å²) in [5, 5.41) is 10.1. The standard InChI is InChI=1S/C124H126N12/c1-63-32-31-33-64(2)93(63)80-54-69(67-34-27-25-28-35-67)56-91-101(80)125-113-129-85-46-39-73(119(11,12)13)60-78(85)98-107(129)111(135(91)113)97-79-61-74(120(14,15)16)40-47-86(79)130-108(97)112(98)136-92-57-70(68-36-29-26-30-37-68)55-81(102(92)126-114(130)136)94-65(3)38-43-75(66(94)4)84-62-123(21,22)83-45-51-90-104(100(83)124(84,23)24)128-116-132-88-49-42-72(118(8,9)10)59-77(88)95-106(132)110(134(90)116)96-76-58-71(117(5,6)7)41-48-87(76)131-105(96)109(95)133-89-50-44-82-99(103(89)127-115(131)133)122(19,20)53-52-121(82,17)18/h31-33,38-51,54-61,67-68,84H,25-30,34-37,52-53,62H2,1-24H3. The molecule has 24 aromatic rings. The Morgan fingerprint density at radius 3 is 1.01 bits per heavy atom. The number of rotatable bonds is 5. The van der Waals surface area contributed by atoms with E-state index in [0.717, 1.165) is 70.0 Å². The van der Waals surface area contributed by atoms with Gasteiger partial charge in [0, 0.05) is 54.2 Å². The van der Waals surface area contributed by atoms with Crippen molar-refractivity contribution in [2.45, 2.75) is 311 Å². The number of aryl methyl sites for hydroxylation is 3. The zero-order chi connectivity index (χ0) is 93.5. The van der Waals surface area contributed by atoms with E-state index in [9.17, 15) is 0 Å². The van der Waals surface area contributed by atoms with Crippen molar-refractivity contribution in [2.75, 3.05) is 0 Å². The summed E-state index contributed by atoms with van der Waals surface area (Å²) in [6, 6.07) is 61.9. The van der Waals surface area contributed by atoms with Crippen molar-refractivity contribution in [1.29, 1.82) is 0 Å². The van der Waals surface area contributed by atoms with Gasteiger partial charge in [-0.25, -0.2) is 19.9 Å². The van der Waals surface area contributed by atoms with E-state index in [-0.39, 0.29) is 43.8 Å². The van der Waals surface area contributed by atoms with Gasteiger partial charge in [-0.2, -0.15) is 0 Å². The second kappa shape index (κ2) is 26.1. The minimum atomic E-state index is -0.413. The lowest BCUT2D eigenvalue weighted by Gasteiger charge is -2.48. The third-order valence-electron chi connectivity index (χ3n) is 36.0. The van der Waals surface area contributed by atoms with Crippen molar-refractivity contribution in [1.82, 2.24) is 55.1 Å². The van der Waals surface area contributed by atoms with Crippen molar-refractivity contribution >= 4 is 177 Å². The summed E-state index contributed by atoms with van der Waals surface area (Å²) in [4.78, 5) is 25.0. The summed E-state index contributed by atoms with van der Waals surface area (Å²) in [5.41, 5.74) is 48.0. The molecule has 2 saturated carbocycles. The van der Waals surface area contributed by atoms with E-state index in [4.69, 9.17) is 19.9 Å². The summed E-state index contributed by atoms with van der Waals surface area (Å²) >= 11 is 0. The van der Waals surface area contributed by atoms with Gasteiger partial charge in [0.05, 0.1) is 110 Å². The first-order chi connectivity index (χ1) is 64.7. The van der Waals surface area contributed by atoms with Gasteiger partial charge in [0.15, 0.2) is 0 Å². The average Bonchev–Trinajstić information content (AvgIpc) is 1.48. The molecule has 0 N–H and O–H groups in total. The van der Waals surface area contributed by atoms with Crippen molar-refractivity contribution in [3.05, 3.63) is 235 Å². The molecule has 0 saturated heterocycles. The van der Waals surface area contributed by atoms with Gasteiger partial charge < -0.3 is 0 Å². The fourth-order valence-electron chi connectivity index (χ4n) is 28.7. The average molecular weight is 1780 g/mol. The Morgan fingerprint density at radius 2 is 0.625 bits per heavy atom. The Labute approximate surface area is 794 Å². The topological polar surface area (TPSA) is 86.8 Å². The number of hydrogen-bond donors (Lipinski definition) is 0. The van der Waals surface area contributed by atoms with Crippen LogP contribution in [0.2, 0.25) is 0 Å². The summed E-state index contributed by atoms with van der Waals surface area (Å²) in [6.07, 6.45) is 15.6. The van der Waals surface area contributed by atoms with E-state index >= 15 is 0 Å². The Kier molecular flexibility index (Phi) is 15.8. The summed E-state index contributed by atoms with van der Waals surface area (Å²) in [5.74, 6) is 4.88. The van der Waals surface area contributed by atoms with Crippen molar-refractivity contribution in [2.24, 2.45) is 0 Å². The molecular weight excluding hydrogens is 1660 g/mol. The lowest BCUT2D eigenvalue weighted by atomic mass is 9.55. The third kappa shape index (κ3) is 10.3. The maximum atomic E-state index is 6.41. The lowest BCUT2D eigenvalue weighted by Crippen LogP contribution is -2.40. The summed E-state index contributed by atoms with van der Waals surface area (Å²) in [7, 11) is 0. The van der Waals surface area contributed by atoms with Crippen LogP contribution in [0, 0.1) is 27.7 Å². The van der Waals surface area contributed by atoms with Crippen LogP contribution in [-0.2, 0) is 43.3 Å². The molecule has 0 aliphatic heterocycles. The minimum absolute atomic E-state index is 0.0296. The quantitative estimate of drug-likeness (QED) is 0.172. The van der Waals surface area contributed by atoms with Crippen LogP contribution in [0.5, 0.6) is 0 Å². The molecule has 12 nitrogen and oxygen atoms in total. The Hall–Kier alpha value is -12.3. The minimum Gasteiger partial charge on any atom is -0.277 e. The predicted octanol–water partition coefficient (Wildman–Crippen LogP) is 32.8. The van der Waals surface area contributed by atoms with E-state index in [0.29, 0.717) is 11.8 Å². The SMILES string of the molecule is Cc1cccc(C)c1-c1cc(C2CCCCC2)cc2c1nc1n2c2c3c4cc(C(C)(C)C)ccc4n4c3c(c3c5cc(C(C)(C)C)ccc5n1c32)n1c2cc(C3CCCCC3)cc(-c3c(C)ccc(C5CC(C)(C)c6ccc7c(nc8n7c7c9c%10cc(C(C)(C)C)ccc%10n%10c9c(c9c%11cc(C(C)(C)C)ccc%11n8c97)n7c8ccc9c(c8nc7%10)C(C)(C)CCC9(C)C)c6C5(C)C)c3C)c2nc14. The number of imidazole rings is 8. The molecule has 0 amide bonds. The van der Waals surface area contributed by atoms with Crippen LogP contribution in [0.15, 0.2) is 152 Å². The van der Waals surface area contributed by atoms with Crippen LogP contribution >= 0.6 is 0 Å².